The minimum Gasteiger partial charge on any atom is -0.348 e. The Bertz CT molecular complexity index is 1070. The highest BCUT2D eigenvalue weighted by molar-refractivity contribution is 6.00. The van der Waals surface area contributed by atoms with Crippen molar-refractivity contribution in [1.29, 1.82) is 0 Å². The van der Waals surface area contributed by atoms with Crippen molar-refractivity contribution in [1.82, 2.24) is 15.1 Å². The summed E-state index contributed by atoms with van der Waals surface area (Å²) in [7, 11) is 0. The zero-order valence-corrected chi connectivity index (χ0v) is 15.7. The smallest absolute Gasteiger partial charge is 0.255 e. The van der Waals surface area contributed by atoms with Gasteiger partial charge in [0.15, 0.2) is 0 Å². The van der Waals surface area contributed by atoms with Crippen molar-refractivity contribution in [2.24, 2.45) is 0 Å². The maximum Gasteiger partial charge on any atom is 0.255 e. The van der Waals surface area contributed by atoms with E-state index in [1.807, 2.05) is 96.5 Å². The second kappa shape index (κ2) is 7.92. The Hall–Kier alpha value is -3.66. The van der Waals surface area contributed by atoms with Crippen molar-refractivity contribution in [3.63, 3.8) is 0 Å². The van der Waals surface area contributed by atoms with Gasteiger partial charge in [-0.15, -0.1) is 0 Å². The maximum absolute atomic E-state index is 13.0. The van der Waals surface area contributed by atoms with E-state index < -0.39 is 0 Å². The Labute approximate surface area is 164 Å². The van der Waals surface area contributed by atoms with Crippen LogP contribution in [0.4, 0.5) is 0 Å². The SMILES string of the molecule is Cc1ccc(CNC(=O)c2cnn(-c3ccccc3)c2-c2ccccc2)cc1. The van der Waals surface area contributed by atoms with Crippen molar-refractivity contribution >= 4 is 5.91 Å². The van der Waals surface area contributed by atoms with Gasteiger partial charge in [0.2, 0.25) is 0 Å². The topological polar surface area (TPSA) is 46.9 Å². The summed E-state index contributed by atoms with van der Waals surface area (Å²) < 4.78 is 1.82. The molecular weight excluding hydrogens is 346 g/mol. The monoisotopic (exact) mass is 367 g/mol. The fraction of sp³-hybridized carbons (Fsp3) is 0.0833. The van der Waals surface area contributed by atoms with Crippen LogP contribution in [-0.4, -0.2) is 15.7 Å². The summed E-state index contributed by atoms with van der Waals surface area (Å²) in [5, 5.41) is 7.52. The third-order valence-corrected chi connectivity index (χ3v) is 4.64. The molecule has 138 valence electrons. The van der Waals surface area contributed by atoms with Crippen LogP contribution in [0.5, 0.6) is 0 Å². The van der Waals surface area contributed by atoms with Crippen molar-refractivity contribution in [3.8, 4) is 16.9 Å². The zero-order valence-electron chi connectivity index (χ0n) is 15.7. The predicted molar refractivity (Wildman–Crippen MR) is 111 cm³/mol. The van der Waals surface area contributed by atoms with E-state index in [-0.39, 0.29) is 5.91 Å². The molecule has 3 aromatic carbocycles. The minimum atomic E-state index is -0.137. The van der Waals surface area contributed by atoms with E-state index in [1.165, 1.54) is 5.56 Å². The first kappa shape index (κ1) is 17.7. The molecule has 1 aromatic heterocycles. The highest BCUT2D eigenvalue weighted by atomic mass is 16.1. The van der Waals surface area contributed by atoms with Gasteiger partial charge in [-0.3, -0.25) is 4.79 Å². The molecule has 0 spiro atoms. The van der Waals surface area contributed by atoms with Crippen molar-refractivity contribution in [3.05, 3.63) is 108 Å². The van der Waals surface area contributed by atoms with Crippen molar-refractivity contribution in [2.75, 3.05) is 0 Å². The summed E-state index contributed by atoms with van der Waals surface area (Å²) in [5.74, 6) is -0.137. The molecule has 0 aliphatic rings. The van der Waals surface area contributed by atoms with E-state index in [0.29, 0.717) is 12.1 Å². The predicted octanol–water partition coefficient (Wildman–Crippen LogP) is 4.78. The third kappa shape index (κ3) is 3.71. The molecule has 0 saturated heterocycles. The number of aryl methyl sites for hydroxylation is 1. The van der Waals surface area contributed by atoms with Gasteiger partial charge in [-0.05, 0) is 24.6 Å². The van der Waals surface area contributed by atoms with E-state index in [1.54, 1.807) is 6.20 Å². The van der Waals surface area contributed by atoms with Gasteiger partial charge < -0.3 is 5.32 Å². The average molecular weight is 367 g/mol. The van der Waals surface area contributed by atoms with Crippen molar-refractivity contribution < 1.29 is 4.79 Å². The number of hydrogen-bond donors (Lipinski definition) is 1. The van der Waals surface area contributed by atoms with Crippen LogP contribution in [0.25, 0.3) is 16.9 Å². The molecular formula is C24H21N3O. The van der Waals surface area contributed by atoms with Crippen LogP contribution in [0.2, 0.25) is 0 Å². The number of rotatable bonds is 5. The molecule has 1 N–H and O–H groups in total. The normalized spacial score (nSPS) is 10.6. The first-order valence-corrected chi connectivity index (χ1v) is 9.25. The van der Waals surface area contributed by atoms with Gasteiger partial charge in [-0.25, -0.2) is 4.68 Å². The van der Waals surface area contributed by atoms with Crippen LogP contribution in [0.3, 0.4) is 0 Å². The Kier molecular flexibility index (Phi) is 5.02. The number of nitrogens with zero attached hydrogens (tertiary/aromatic N) is 2. The third-order valence-electron chi connectivity index (χ3n) is 4.64. The number of carbonyl (C=O) groups excluding carboxylic acids is 1. The first-order chi connectivity index (χ1) is 13.7. The Balaban J connectivity index is 1.67. The highest BCUT2D eigenvalue weighted by Gasteiger charge is 2.19. The summed E-state index contributed by atoms with van der Waals surface area (Å²) in [6, 6.07) is 27.9. The molecule has 28 heavy (non-hydrogen) atoms. The lowest BCUT2D eigenvalue weighted by molar-refractivity contribution is 0.0951. The van der Waals surface area contributed by atoms with Gasteiger partial charge in [0.05, 0.1) is 23.1 Å². The Morgan fingerprint density at radius 2 is 1.54 bits per heavy atom. The summed E-state index contributed by atoms with van der Waals surface area (Å²) in [4.78, 5) is 13.0. The molecule has 1 amide bonds. The van der Waals surface area contributed by atoms with Crippen LogP contribution in [0.1, 0.15) is 21.5 Å². The highest BCUT2D eigenvalue weighted by Crippen LogP contribution is 2.26. The summed E-state index contributed by atoms with van der Waals surface area (Å²) >= 11 is 0. The fourth-order valence-electron chi connectivity index (χ4n) is 3.14. The van der Waals surface area contributed by atoms with Crippen LogP contribution in [0.15, 0.2) is 91.1 Å². The molecule has 4 nitrogen and oxygen atoms in total. The number of aromatic nitrogens is 2. The maximum atomic E-state index is 13.0. The lowest BCUT2D eigenvalue weighted by Crippen LogP contribution is -2.23. The van der Waals surface area contributed by atoms with Gasteiger partial charge in [0.25, 0.3) is 5.91 Å². The molecule has 0 radical (unpaired) electrons. The number of benzene rings is 3. The standard InChI is InChI=1S/C24H21N3O/c1-18-12-14-19(15-13-18)16-25-24(28)22-17-26-27(21-10-6-3-7-11-21)23(22)20-8-4-2-5-9-20/h2-15,17H,16H2,1H3,(H,25,28). The first-order valence-electron chi connectivity index (χ1n) is 9.25. The molecule has 0 bridgehead atoms. The van der Waals surface area contributed by atoms with Crippen LogP contribution in [-0.2, 0) is 6.54 Å². The van der Waals surface area contributed by atoms with Crippen LogP contribution >= 0.6 is 0 Å². The molecule has 0 saturated carbocycles. The molecule has 0 unspecified atom stereocenters. The van der Waals surface area contributed by atoms with Gasteiger partial charge in [0.1, 0.15) is 0 Å². The van der Waals surface area contributed by atoms with Gasteiger partial charge in [-0.1, -0.05) is 78.4 Å². The van der Waals surface area contributed by atoms with E-state index in [2.05, 4.69) is 10.4 Å². The second-order valence-corrected chi connectivity index (χ2v) is 6.69. The molecule has 0 atom stereocenters. The molecule has 4 heteroatoms. The largest absolute Gasteiger partial charge is 0.348 e. The zero-order chi connectivity index (χ0) is 19.3. The molecule has 0 aliphatic carbocycles. The summed E-state index contributed by atoms with van der Waals surface area (Å²) in [6.45, 7) is 2.52. The molecule has 1 heterocycles. The quantitative estimate of drug-likeness (QED) is 0.552. The molecule has 4 aromatic rings. The molecule has 0 fully saturated rings. The number of hydrogen-bond acceptors (Lipinski definition) is 2. The lowest BCUT2D eigenvalue weighted by atomic mass is 10.1. The summed E-state index contributed by atoms with van der Waals surface area (Å²) in [5.41, 5.74) is 5.47. The van der Waals surface area contributed by atoms with Gasteiger partial charge in [-0.2, -0.15) is 5.10 Å². The summed E-state index contributed by atoms with van der Waals surface area (Å²) in [6.07, 6.45) is 1.64. The minimum absolute atomic E-state index is 0.137. The fourth-order valence-corrected chi connectivity index (χ4v) is 3.14. The van der Waals surface area contributed by atoms with E-state index in [0.717, 1.165) is 22.5 Å². The van der Waals surface area contributed by atoms with Crippen LogP contribution in [0, 0.1) is 6.92 Å². The average Bonchev–Trinajstić information content (AvgIpc) is 3.20. The van der Waals surface area contributed by atoms with E-state index in [9.17, 15) is 4.79 Å². The number of para-hydroxylation sites is 1. The Morgan fingerprint density at radius 1 is 0.893 bits per heavy atom. The van der Waals surface area contributed by atoms with Gasteiger partial charge in [0, 0.05) is 12.1 Å². The van der Waals surface area contributed by atoms with Crippen LogP contribution < -0.4 is 5.32 Å². The van der Waals surface area contributed by atoms with Gasteiger partial charge >= 0.3 is 0 Å². The second-order valence-electron chi connectivity index (χ2n) is 6.69. The number of nitrogens with one attached hydrogen (secondary N) is 1. The lowest BCUT2D eigenvalue weighted by Gasteiger charge is -2.11. The molecule has 0 aliphatic heterocycles. The Morgan fingerprint density at radius 3 is 2.21 bits per heavy atom. The van der Waals surface area contributed by atoms with Crippen molar-refractivity contribution in [2.45, 2.75) is 13.5 Å². The molecule has 4 rings (SSSR count). The van der Waals surface area contributed by atoms with E-state index >= 15 is 0 Å². The number of carbonyl (C=O) groups is 1. The van der Waals surface area contributed by atoms with E-state index in [4.69, 9.17) is 0 Å². The number of amides is 1.